The molecule has 0 aliphatic rings. The Kier molecular flexibility index (Phi) is 8.91. The quantitative estimate of drug-likeness (QED) is 0.514. The monoisotopic (exact) mass is 233 g/mol. The highest BCUT2D eigenvalue weighted by Gasteiger charge is 2.19. The Morgan fingerprint density at radius 3 is 2.60 bits per heavy atom. The van der Waals surface area contributed by atoms with Crippen LogP contribution in [0.1, 0.15) is 33.6 Å². The minimum Gasteiger partial charge on any atom is -0.465 e. The van der Waals surface area contributed by atoms with Crippen molar-refractivity contribution in [3.8, 4) is 0 Å². The van der Waals surface area contributed by atoms with Crippen LogP contribution in [-0.2, 0) is 9.53 Å². The van der Waals surface area contributed by atoms with Gasteiger partial charge in [-0.2, -0.15) is 11.8 Å². The van der Waals surface area contributed by atoms with Gasteiger partial charge in [0, 0.05) is 6.04 Å². The lowest BCUT2D eigenvalue weighted by Crippen LogP contribution is -2.42. The molecule has 0 bridgehead atoms. The topological polar surface area (TPSA) is 38.3 Å². The third-order valence-electron chi connectivity index (χ3n) is 1.95. The number of carbonyl (C=O) groups is 1. The standard InChI is InChI=1S/C11H23NO2S/c1-5-14-11(13)10(12-9(2)3)7-6-8-15-4/h9-10,12H,5-8H2,1-4H3. The van der Waals surface area contributed by atoms with Gasteiger partial charge in [-0.05, 0) is 31.8 Å². The third-order valence-corrected chi connectivity index (χ3v) is 2.64. The molecule has 0 aromatic rings. The van der Waals surface area contributed by atoms with Crippen molar-refractivity contribution in [3.05, 3.63) is 0 Å². The Balaban J connectivity index is 3.99. The molecule has 0 saturated carbocycles. The van der Waals surface area contributed by atoms with Crippen LogP contribution in [-0.4, -0.2) is 36.7 Å². The van der Waals surface area contributed by atoms with Crippen LogP contribution in [0.3, 0.4) is 0 Å². The highest BCUT2D eigenvalue weighted by atomic mass is 32.2. The highest BCUT2D eigenvalue weighted by Crippen LogP contribution is 2.05. The zero-order chi connectivity index (χ0) is 11.7. The van der Waals surface area contributed by atoms with E-state index in [-0.39, 0.29) is 12.0 Å². The van der Waals surface area contributed by atoms with E-state index in [9.17, 15) is 4.79 Å². The number of thioether (sulfide) groups is 1. The van der Waals surface area contributed by atoms with Crippen molar-refractivity contribution in [3.63, 3.8) is 0 Å². The van der Waals surface area contributed by atoms with Gasteiger partial charge in [0.05, 0.1) is 6.61 Å². The fraction of sp³-hybridized carbons (Fsp3) is 0.909. The number of ether oxygens (including phenoxy) is 1. The second-order valence-electron chi connectivity index (χ2n) is 3.76. The number of carbonyl (C=O) groups excluding carboxylic acids is 1. The Hall–Kier alpha value is -0.220. The lowest BCUT2D eigenvalue weighted by molar-refractivity contribution is -0.146. The van der Waals surface area contributed by atoms with Crippen molar-refractivity contribution < 1.29 is 9.53 Å². The molecule has 0 amide bonds. The summed E-state index contributed by atoms with van der Waals surface area (Å²) in [4.78, 5) is 11.6. The second kappa shape index (κ2) is 9.04. The highest BCUT2D eigenvalue weighted by molar-refractivity contribution is 7.98. The first-order valence-electron chi connectivity index (χ1n) is 5.53. The van der Waals surface area contributed by atoms with Gasteiger partial charge >= 0.3 is 5.97 Å². The lowest BCUT2D eigenvalue weighted by Gasteiger charge is -2.19. The van der Waals surface area contributed by atoms with Crippen LogP contribution in [0.25, 0.3) is 0 Å². The van der Waals surface area contributed by atoms with Gasteiger partial charge in [-0.15, -0.1) is 0 Å². The average molecular weight is 233 g/mol. The normalized spacial score (nSPS) is 12.9. The van der Waals surface area contributed by atoms with Crippen LogP contribution in [0.5, 0.6) is 0 Å². The van der Waals surface area contributed by atoms with E-state index in [1.54, 1.807) is 0 Å². The number of nitrogens with one attached hydrogen (secondary N) is 1. The Bertz CT molecular complexity index is 174. The van der Waals surface area contributed by atoms with Crippen LogP contribution >= 0.6 is 11.8 Å². The van der Waals surface area contributed by atoms with Gasteiger partial charge in [-0.25, -0.2) is 0 Å². The minimum absolute atomic E-state index is 0.118. The van der Waals surface area contributed by atoms with Crippen LogP contribution in [0, 0.1) is 0 Å². The van der Waals surface area contributed by atoms with Crippen LogP contribution in [0.4, 0.5) is 0 Å². The van der Waals surface area contributed by atoms with Gasteiger partial charge in [-0.1, -0.05) is 13.8 Å². The molecule has 0 heterocycles. The molecule has 1 N–H and O–H groups in total. The number of rotatable bonds is 8. The van der Waals surface area contributed by atoms with E-state index in [0.29, 0.717) is 12.6 Å². The maximum Gasteiger partial charge on any atom is 0.323 e. The number of hydrogen-bond donors (Lipinski definition) is 1. The second-order valence-corrected chi connectivity index (χ2v) is 4.75. The molecule has 0 saturated heterocycles. The maximum atomic E-state index is 11.6. The summed E-state index contributed by atoms with van der Waals surface area (Å²) in [5.41, 5.74) is 0. The number of esters is 1. The van der Waals surface area contributed by atoms with E-state index < -0.39 is 0 Å². The fourth-order valence-corrected chi connectivity index (χ4v) is 1.80. The Morgan fingerprint density at radius 1 is 1.47 bits per heavy atom. The van der Waals surface area contributed by atoms with Gasteiger partial charge in [0.15, 0.2) is 0 Å². The van der Waals surface area contributed by atoms with E-state index in [2.05, 4.69) is 11.6 Å². The fourth-order valence-electron chi connectivity index (χ4n) is 1.35. The van der Waals surface area contributed by atoms with Crippen molar-refractivity contribution in [2.24, 2.45) is 0 Å². The first-order valence-corrected chi connectivity index (χ1v) is 6.92. The van der Waals surface area contributed by atoms with E-state index >= 15 is 0 Å². The van der Waals surface area contributed by atoms with Gasteiger partial charge in [0.2, 0.25) is 0 Å². The molecule has 0 radical (unpaired) electrons. The van der Waals surface area contributed by atoms with E-state index in [0.717, 1.165) is 18.6 Å². The maximum absolute atomic E-state index is 11.6. The van der Waals surface area contributed by atoms with Crippen LogP contribution in [0.15, 0.2) is 0 Å². The Morgan fingerprint density at radius 2 is 2.13 bits per heavy atom. The summed E-state index contributed by atoms with van der Waals surface area (Å²) in [5, 5.41) is 3.24. The molecule has 0 aliphatic carbocycles. The van der Waals surface area contributed by atoms with Crippen molar-refractivity contribution in [2.75, 3.05) is 18.6 Å². The molecule has 0 spiro atoms. The molecule has 0 aliphatic heterocycles. The van der Waals surface area contributed by atoms with Crippen LogP contribution in [0.2, 0.25) is 0 Å². The van der Waals surface area contributed by atoms with Gasteiger partial charge < -0.3 is 10.1 Å². The molecule has 4 heteroatoms. The van der Waals surface area contributed by atoms with E-state index in [4.69, 9.17) is 4.74 Å². The Labute approximate surface area is 97.3 Å². The first-order chi connectivity index (χ1) is 7.11. The van der Waals surface area contributed by atoms with E-state index in [1.165, 1.54) is 0 Å². The summed E-state index contributed by atoms with van der Waals surface area (Å²) < 4.78 is 5.03. The zero-order valence-electron chi connectivity index (χ0n) is 10.2. The molecule has 0 aromatic carbocycles. The van der Waals surface area contributed by atoms with Crippen molar-refractivity contribution in [1.82, 2.24) is 5.32 Å². The summed E-state index contributed by atoms with van der Waals surface area (Å²) in [5.74, 6) is 0.975. The van der Waals surface area contributed by atoms with Crippen LogP contribution < -0.4 is 5.32 Å². The smallest absolute Gasteiger partial charge is 0.323 e. The molecule has 90 valence electrons. The summed E-state index contributed by atoms with van der Waals surface area (Å²) in [6.45, 7) is 6.38. The SMILES string of the molecule is CCOC(=O)C(CCCSC)NC(C)C. The molecule has 0 fully saturated rings. The predicted molar refractivity (Wildman–Crippen MR) is 66.3 cm³/mol. The van der Waals surface area contributed by atoms with Gasteiger partial charge in [-0.3, -0.25) is 4.79 Å². The molecule has 1 unspecified atom stereocenters. The summed E-state index contributed by atoms with van der Waals surface area (Å²) in [6, 6.07) is 0.172. The van der Waals surface area contributed by atoms with Crippen molar-refractivity contribution >= 4 is 17.7 Å². The van der Waals surface area contributed by atoms with Gasteiger partial charge in [0.1, 0.15) is 6.04 Å². The third kappa shape index (κ3) is 7.68. The molecular formula is C11H23NO2S. The molecular weight excluding hydrogens is 210 g/mol. The number of hydrogen-bond acceptors (Lipinski definition) is 4. The molecule has 1 atom stereocenters. The lowest BCUT2D eigenvalue weighted by atomic mass is 10.1. The minimum atomic E-state index is -0.142. The first kappa shape index (κ1) is 14.8. The van der Waals surface area contributed by atoms with Gasteiger partial charge in [0.25, 0.3) is 0 Å². The zero-order valence-corrected chi connectivity index (χ0v) is 11.0. The van der Waals surface area contributed by atoms with E-state index in [1.807, 2.05) is 32.5 Å². The summed E-state index contributed by atoms with van der Waals surface area (Å²) in [6.07, 6.45) is 3.98. The predicted octanol–water partition coefficient (Wildman–Crippen LogP) is 2.06. The summed E-state index contributed by atoms with van der Waals surface area (Å²) >= 11 is 1.81. The molecule has 3 nitrogen and oxygen atoms in total. The summed E-state index contributed by atoms with van der Waals surface area (Å²) in [7, 11) is 0. The largest absolute Gasteiger partial charge is 0.465 e. The van der Waals surface area contributed by atoms with Crippen molar-refractivity contribution in [1.29, 1.82) is 0 Å². The molecule has 0 aromatic heterocycles. The molecule has 15 heavy (non-hydrogen) atoms. The average Bonchev–Trinajstić information content (AvgIpc) is 2.16. The van der Waals surface area contributed by atoms with Crippen molar-refractivity contribution in [2.45, 2.75) is 45.7 Å². The molecule has 0 rings (SSSR count).